The molecule has 0 saturated heterocycles. The van der Waals surface area contributed by atoms with Crippen molar-refractivity contribution in [1.82, 2.24) is 5.32 Å². The van der Waals surface area contributed by atoms with Gasteiger partial charge >= 0.3 is 5.97 Å². The number of methoxy groups -OCH3 is 1. The number of ether oxygens (including phenoxy) is 2. The van der Waals surface area contributed by atoms with Crippen LogP contribution in [-0.4, -0.2) is 30.7 Å². The Labute approximate surface area is 199 Å². The number of benzene rings is 3. The molecule has 7 nitrogen and oxygen atoms in total. The molecule has 0 heterocycles. The van der Waals surface area contributed by atoms with E-state index in [1.807, 2.05) is 43.3 Å². The number of halogens is 1. The summed E-state index contributed by atoms with van der Waals surface area (Å²) in [5, 5.41) is 15.1. The van der Waals surface area contributed by atoms with E-state index >= 15 is 0 Å². The van der Waals surface area contributed by atoms with Crippen molar-refractivity contribution < 1.29 is 24.2 Å². The normalized spacial score (nSPS) is 10.1. The lowest BCUT2D eigenvalue weighted by molar-refractivity contribution is -0.118. The largest absolute Gasteiger partial charge is 0.493 e. The first-order chi connectivity index (χ1) is 15.4. The molecule has 0 radical (unpaired) electrons. The van der Waals surface area contributed by atoms with E-state index in [4.69, 9.17) is 14.6 Å². The minimum Gasteiger partial charge on any atom is -0.493 e. The Morgan fingerprint density at radius 3 is 2.15 bits per heavy atom. The first-order valence-corrected chi connectivity index (χ1v) is 10.1. The summed E-state index contributed by atoms with van der Waals surface area (Å²) in [7, 11) is 1.55. The second-order valence-electron chi connectivity index (χ2n) is 7.29. The van der Waals surface area contributed by atoms with Gasteiger partial charge in [-0.2, -0.15) is 0 Å². The zero-order valence-electron chi connectivity index (χ0n) is 18.5. The van der Waals surface area contributed by atoms with Crippen LogP contribution < -0.4 is 20.1 Å². The van der Waals surface area contributed by atoms with E-state index in [9.17, 15) is 9.59 Å². The molecule has 0 aliphatic carbocycles. The number of rotatable bonds is 10. The zero-order chi connectivity index (χ0) is 22.9. The molecular formula is C25H27ClN2O5. The molecule has 3 N–H and O–H groups in total. The molecule has 0 bridgehead atoms. The highest BCUT2D eigenvalue weighted by molar-refractivity contribution is 5.91. The van der Waals surface area contributed by atoms with Crippen LogP contribution in [0.25, 0.3) is 0 Å². The van der Waals surface area contributed by atoms with Crippen molar-refractivity contribution >= 4 is 30.0 Å². The molecule has 3 aromatic carbocycles. The first kappa shape index (κ1) is 25.7. The van der Waals surface area contributed by atoms with Gasteiger partial charge in [0, 0.05) is 18.8 Å². The highest BCUT2D eigenvalue weighted by Crippen LogP contribution is 2.28. The van der Waals surface area contributed by atoms with E-state index < -0.39 is 5.97 Å². The minimum atomic E-state index is -0.938. The van der Waals surface area contributed by atoms with Crippen LogP contribution in [0.1, 0.15) is 27.0 Å². The standard InChI is InChI=1S/C25H26N2O5.ClH/c1-17-3-10-21(11-4-17)27-24(28)16-32-22-12-7-19(13-23(22)31-2)15-26-14-18-5-8-20(9-6-18)25(29)30;/h3-13,26H,14-16H2,1-2H3,(H,27,28)(H,29,30);1H. The van der Waals surface area contributed by atoms with Crippen LogP contribution in [-0.2, 0) is 17.9 Å². The highest BCUT2D eigenvalue weighted by atomic mass is 35.5. The van der Waals surface area contributed by atoms with Gasteiger partial charge in [-0.1, -0.05) is 35.9 Å². The second kappa shape index (κ2) is 12.5. The Hall–Kier alpha value is -3.55. The predicted molar refractivity (Wildman–Crippen MR) is 129 cm³/mol. The maximum Gasteiger partial charge on any atom is 0.335 e. The van der Waals surface area contributed by atoms with Crippen LogP contribution in [0.5, 0.6) is 11.5 Å². The van der Waals surface area contributed by atoms with Crippen molar-refractivity contribution in [3.8, 4) is 11.5 Å². The lowest BCUT2D eigenvalue weighted by atomic mass is 10.1. The van der Waals surface area contributed by atoms with Crippen molar-refractivity contribution in [1.29, 1.82) is 0 Å². The molecular weight excluding hydrogens is 444 g/mol. The molecule has 33 heavy (non-hydrogen) atoms. The van der Waals surface area contributed by atoms with Crippen molar-refractivity contribution in [2.45, 2.75) is 20.0 Å². The fourth-order valence-corrected chi connectivity index (χ4v) is 3.03. The quantitative estimate of drug-likeness (QED) is 0.405. The number of carbonyl (C=O) groups excluding carboxylic acids is 1. The number of anilines is 1. The molecule has 3 aromatic rings. The Morgan fingerprint density at radius 2 is 1.52 bits per heavy atom. The summed E-state index contributed by atoms with van der Waals surface area (Å²) in [6, 6.07) is 19.8. The van der Waals surface area contributed by atoms with E-state index in [-0.39, 0.29) is 30.5 Å². The van der Waals surface area contributed by atoms with Gasteiger partial charge in [0.2, 0.25) is 0 Å². The van der Waals surface area contributed by atoms with Gasteiger partial charge in [-0.25, -0.2) is 4.79 Å². The van der Waals surface area contributed by atoms with Crippen LogP contribution in [0.2, 0.25) is 0 Å². The number of carbonyl (C=O) groups is 2. The number of aryl methyl sites for hydroxylation is 1. The topological polar surface area (TPSA) is 96.9 Å². The number of aromatic carboxylic acids is 1. The van der Waals surface area contributed by atoms with E-state index in [0.29, 0.717) is 24.6 Å². The lowest BCUT2D eigenvalue weighted by Gasteiger charge is -2.13. The fraction of sp³-hybridized carbons (Fsp3) is 0.200. The number of nitrogens with one attached hydrogen (secondary N) is 2. The average molecular weight is 471 g/mol. The molecule has 0 saturated carbocycles. The van der Waals surface area contributed by atoms with E-state index in [2.05, 4.69) is 10.6 Å². The smallest absolute Gasteiger partial charge is 0.335 e. The number of amides is 1. The van der Waals surface area contributed by atoms with E-state index in [0.717, 1.165) is 22.4 Å². The summed E-state index contributed by atoms with van der Waals surface area (Å²) in [4.78, 5) is 23.1. The lowest BCUT2D eigenvalue weighted by Crippen LogP contribution is -2.20. The third-order valence-electron chi connectivity index (χ3n) is 4.78. The molecule has 0 aromatic heterocycles. The minimum absolute atomic E-state index is 0. The molecule has 0 aliphatic heterocycles. The summed E-state index contributed by atoms with van der Waals surface area (Å²) >= 11 is 0. The summed E-state index contributed by atoms with van der Waals surface area (Å²) in [5.41, 5.74) is 4.08. The molecule has 0 spiro atoms. The Morgan fingerprint density at radius 1 is 0.879 bits per heavy atom. The van der Waals surface area contributed by atoms with Gasteiger partial charge in [-0.15, -0.1) is 12.4 Å². The first-order valence-electron chi connectivity index (χ1n) is 10.1. The summed E-state index contributed by atoms with van der Waals surface area (Å²) in [6.07, 6.45) is 0. The molecule has 0 unspecified atom stereocenters. The van der Waals surface area contributed by atoms with Crippen molar-refractivity contribution in [3.63, 3.8) is 0 Å². The molecule has 3 rings (SSSR count). The average Bonchev–Trinajstić information content (AvgIpc) is 2.80. The molecule has 8 heteroatoms. The van der Waals surface area contributed by atoms with Gasteiger partial charge in [-0.3, -0.25) is 4.79 Å². The van der Waals surface area contributed by atoms with E-state index in [1.54, 1.807) is 37.4 Å². The summed E-state index contributed by atoms with van der Waals surface area (Å²) < 4.78 is 11.0. The van der Waals surface area contributed by atoms with Crippen LogP contribution in [0, 0.1) is 6.92 Å². The van der Waals surface area contributed by atoms with Crippen molar-refractivity contribution in [3.05, 3.63) is 89.0 Å². The molecule has 0 aliphatic rings. The van der Waals surface area contributed by atoms with Gasteiger partial charge in [0.15, 0.2) is 18.1 Å². The summed E-state index contributed by atoms with van der Waals surface area (Å²) in [6.45, 7) is 3.04. The fourth-order valence-electron chi connectivity index (χ4n) is 3.03. The van der Waals surface area contributed by atoms with Crippen LogP contribution in [0.4, 0.5) is 5.69 Å². The van der Waals surface area contributed by atoms with E-state index in [1.165, 1.54) is 0 Å². The van der Waals surface area contributed by atoms with Crippen LogP contribution in [0.15, 0.2) is 66.7 Å². The maximum absolute atomic E-state index is 12.2. The van der Waals surface area contributed by atoms with Crippen molar-refractivity contribution in [2.24, 2.45) is 0 Å². The predicted octanol–water partition coefficient (Wildman–Crippen LogP) is 4.43. The number of carboxylic acid groups (broad SMARTS) is 1. The maximum atomic E-state index is 12.2. The van der Waals surface area contributed by atoms with Gasteiger partial charge in [-0.05, 0) is 54.4 Å². The molecule has 0 fully saturated rings. The monoisotopic (exact) mass is 470 g/mol. The third kappa shape index (κ3) is 7.82. The second-order valence-corrected chi connectivity index (χ2v) is 7.29. The van der Waals surface area contributed by atoms with Crippen molar-refractivity contribution in [2.75, 3.05) is 19.0 Å². The Kier molecular flexibility index (Phi) is 9.72. The highest BCUT2D eigenvalue weighted by Gasteiger charge is 2.09. The molecule has 174 valence electrons. The molecule has 0 atom stereocenters. The van der Waals surface area contributed by atoms with Gasteiger partial charge < -0.3 is 25.2 Å². The number of hydrogen-bond acceptors (Lipinski definition) is 5. The Balaban J connectivity index is 0.00000385. The zero-order valence-corrected chi connectivity index (χ0v) is 19.3. The third-order valence-corrected chi connectivity index (χ3v) is 4.78. The Bertz CT molecular complexity index is 1070. The van der Waals surface area contributed by atoms with Crippen LogP contribution >= 0.6 is 12.4 Å². The number of carboxylic acids is 1. The van der Waals surface area contributed by atoms with Gasteiger partial charge in [0.05, 0.1) is 12.7 Å². The SMILES string of the molecule is COc1cc(CNCc2ccc(C(=O)O)cc2)ccc1OCC(=O)Nc1ccc(C)cc1.Cl. The van der Waals surface area contributed by atoms with Gasteiger partial charge in [0.25, 0.3) is 5.91 Å². The molecule has 1 amide bonds. The summed E-state index contributed by atoms with van der Waals surface area (Å²) in [5.74, 6) is -0.167. The number of hydrogen-bond donors (Lipinski definition) is 3. The van der Waals surface area contributed by atoms with Gasteiger partial charge in [0.1, 0.15) is 0 Å². The van der Waals surface area contributed by atoms with Crippen LogP contribution in [0.3, 0.4) is 0 Å².